The summed E-state index contributed by atoms with van der Waals surface area (Å²) in [6.45, 7) is 4.47. The molecule has 0 saturated carbocycles. The van der Waals surface area contributed by atoms with E-state index in [9.17, 15) is 0 Å². The number of rotatable bonds is 14. The van der Waals surface area contributed by atoms with Gasteiger partial charge in [-0.05, 0) is 49.1 Å². The van der Waals surface area contributed by atoms with Crippen molar-refractivity contribution in [3.05, 3.63) is 59.4 Å². The fourth-order valence-corrected chi connectivity index (χ4v) is 4.94. The van der Waals surface area contributed by atoms with Crippen molar-refractivity contribution in [3.63, 3.8) is 0 Å². The van der Waals surface area contributed by atoms with Crippen LogP contribution in [0.2, 0.25) is 0 Å². The van der Waals surface area contributed by atoms with Gasteiger partial charge in [-0.3, -0.25) is 4.99 Å². The normalized spacial score (nSPS) is 14.4. The molecule has 0 unspecified atom stereocenters. The molecule has 35 heavy (non-hydrogen) atoms. The first-order valence-corrected chi connectivity index (χ1v) is 13.6. The Hall–Kier alpha value is -3.01. The molecule has 3 aromatic rings. The Morgan fingerprint density at radius 3 is 2.34 bits per heavy atom. The van der Waals surface area contributed by atoms with Crippen LogP contribution in [0.4, 0.5) is 0 Å². The van der Waals surface area contributed by atoms with Crippen molar-refractivity contribution < 1.29 is 4.74 Å². The lowest BCUT2D eigenvalue weighted by Crippen LogP contribution is -1.90. The number of nitrogens with one attached hydrogen (secondary N) is 2. The standard InChI is InChI=1S/C31H41N3O/c1-4-6-7-8-9-10-11-12-13-17-25-18-19-26(32-25)21-29-30(35-3)22-28(33-29)27-20-24-16-14-15-23(5-2)31(24)34-27/h14-16,18-22,33-34H,4-13,17H2,1-3H3/b26-21+. The Balaban J connectivity index is 1.35. The van der Waals surface area contributed by atoms with Gasteiger partial charge in [-0.1, -0.05) is 83.4 Å². The van der Waals surface area contributed by atoms with E-state index < -0.39 is 0 Å². The number of ether oxygens (including phenoxy) is 1. The predicted octanol–water partition coefficient (Wildman–Crippen LogP) is 9.01. The summed E-state index contributed by atoms with van der Waals surface area (Å²) < 4.78 is 5.67. The van der Waals surface area contributed by atoms with Crippen molar-refractivity contribution in [2.45, 2.75) is 84.5 Å². The minimum atomic E-state index is 0.831. The molecule has 4 heteroatoms. The number of hydrogen-bond acceptors (Lipinski definition) is 2. The highest BCUT2D eigenvalue weighted by molar-refractivity contribution is 5.99. The van der Waals surface area contributed by atoms with Crippen LogP contribution < -0.4 is 4.74 Å². The molecule has 0 amide bonds. The number of unbranched alkanes of at least 4 members (excludes halogenated alkanes) is 8. The summed E-state index contributed by atoms with van der Waals surface area (Å²) >= 11 is 0. The number of aromatic nitrogens is 2. The molecule has 0 atom stereocenters. The van der Waals surface area contributed by atoms with E-state index >= 15 is 0 Å². The van der Waals surface area contributed by atoms with Crippen molar-refractivity contribution in [2.75, 3.05) is 7.11 Å². The average Bonchev–Trinajstić information content (AvgIpc) is 3.61. The van der Waals surface area contributed by atoms with Crippen LogP contribution in [-0.4, -0.2) is 22.8 Å². The molecular formula is C31H41N3O. The van der Waals surface area contributed by atoms with Gasteiger partial charge in [0.15, 0.2) is 0 Å². The van der Waals surface area contributed by atoms with Crippen LogP contribution in [0, 0.1) is 0 Å². The van der Waals surface area contributed by atoms with Crippen molar-refractivity contribution in [1.82, 2.24) is 9.97 Å². The lowest BCUT2D eigenvalue weighted by Gasteiger charge is -2.02. The van der Waals surface area contributed by atoms with Crippen LogP contribution in [0.1, 0.15) is 89.3 Å². The van der Waals surface area contributed by atoms with E-state index in [0.29, 0.717) is 0 Å². The lowest BCUT2D eigenvalue weighted by molar-refractivity contribution is 0.414. The Labute approximate surface area is 210 Å². The van der Waals surface area contributed by atoms with Crippen molar-refractivity contribution >= 4 is 22.7 Å². The van der Waals surface area contributed by atoms with Gasteiger partial charge in [-0.2, -0.15) is 0 Å². The van der Waals surface area contributed by atoms with Gasteiger partial charge in [0, 0.05) is 22.7 Å². The Morgan fingerprint density at radius 1 is 0.857 bits per heavy atom. The summed E-state index contributed by atoms with van der Waals surface area (Å²) in [5.74, 6) is 0.831. The number of fused-ring (bicyclic) bond motifs is 1. The number of aromatic amines is 2. The monoisotopic (exact) mass is 471 g/mol. The van der Waals surface area contributed by atoms with Gasteiger partial charge >= 0.3 is 0 Å². The summed E-state index contributed by atoms with van der Waals surface area (Å²) in [5, 5.41) is 1.23. The molecule has 0 bridgehead atoms. The van der Waals surface area contributed by atoms with E-state index in [1.165, 1.54) is 80.0 Å². The van der Waals surface area contributed by atoms with Crippen LogP contribution in [0.15, 0.2) is 53.2 Å². The first-order valence-electron chi connectivity index (χ1n) is 13.6. The maximum Gasteiger partial charge on any atom is 0.144 e. The third-order valence-corrected chi connectivity index (χ3v) is 6.99. The summed E-state index contributed by atoms with van der Waals surface area (Å²) in [4.78, 5) is 12.0. The van der Waals surface area contributed by atoms with Gasteiger partial charge in [0.25, 0.3) is 0 Å². The molecule has 2 aromatic heterocycles. The van der Waals surface area contributed by atoms with Crippen LogP contribution in [-0.2, 0) is 6.42 Å². The molecule has 2 N–H and O–H groups in total. The summed E-state index contributed by atoms with van der Waals surface area (Å²) in [6, 6.07) is 10.7. The molecule has 1 aliphatic rings. The Kier molecular flexibility index (Phi) is 9.05. The van der Waals surface area contributed by atoms with E-state index in [-0.39, 0.29) is 0 Å². The topological polar surface area (TPSA) is 53.2 Å². The molecule has 0 aliphatic carbocycles. The first kappa shape index (κ1) is 25.1. The molecule has 0 radical (unpaired) electrons. The van der Waals surface area contributed by atoms with E-state index in [1.54, 1.807) is 7.11 Å². The number of hydrogen-bond donors (Lipinski definition) is 2. The minimum Gasteiger partial charge on any atom is -0.494 e. The second-order valence-corrected chi connectivity index (χ2v) is 9.67. The third kappa shape index (κ3) is 6.56. The fourth-order valence-electron chi connectivity index (χ4n) is 4.94. The zero-order chi connectivity index (χ0) is 24.5. The number of para-hydroxylation sites is 1. The first-order chi connectivity index (χ1) is 17.2. The molecule has 0 saturated heterocycles. The van der Waals surface area contributed by atoms with E-state index in [2.05, 4.69) is 72.4 Å². The number of aryl methyl sites for hydroxylation is 1. The van der Waals surface area contributed by atoms with Gasteiger partial charge in [-0.25, -0.2) is 0 Å². The molecular weight excluding hydrogens is 430 g/mol. The molecule has 4 nitrogen and oxygen atoms in total. The van der Waals surface area contributed by atoms with E-state index in [1.807, 2.05) is 0 Å². The van der Waals surface area contributed by atoms with Crippen molar-refractivity contribution in [2.24, 2.45) is 4.99 Å². The molecule has 3 heterocycles. The van der Waals surface area contributed by atoms with Crippen molar-refractivity contribution in [3.8, 4) is 17.1 Å². The smallest absolute Gasteiger partial charge is 0.144 e. The quantitative estimate of drug-likeness (QED) is 0.226. The molecule has 0 spiro atoms. The van der Waals surface area contributed by atoms with Crippen LogP contribution in [0.25, 0.3) is 28.4 Å². The number of H-pyrrole nitrogens is 2. The van der Waals surface area contributed by atoms with Crippen LogP contribution in [0.5, 0.6) is 5.75 Å². The van der Waals surface area contributed by atoms with Gasteiger partial charge in [0.2, 0.25) is 0 Å². The molecule has 1 aromatic carbocycles. The summed E-state index contributed by atoms with van der Waals surface area (Å²) in [7, 11) is 1.72. The van der Waals surface area contributed by atoms with Gasteiger partial charge in [-0.15, -0.1) is 0 Å². The fraction of sp³-hybridized carbons (Fsp3) is 0.452. The van der Waals surface area contributed by atoms with Gasteiger partial charge < -0.3 is 14.7 Å². The maximum absolute atomic E-state index is 5.67. The number of benzene rings is 1. The highest BCUT2D eigenvalue weighted by Gasteiger charge is 2.13. The predicted molar refractivity (Wildman–Crippen MR) is 150 cm³/mol. The highest BCUT2D eigenvalue weighted by atomic mass is 16.5. The van der Waals surface area contributed by atoms with Crippen LogP contribution >= 0.6 is 0 Å². The largest absolute Gasteiger partial charge is 0.494 e. The lowest BCUT2D eigenvalue weighted by atomic mass is 10.1. The third-order valence-electron chi connectivity index (χ3n) is 6.99. The van der Waals surface area contributed by atoms with Gasteiger partial charge in [0.05, 0.1) is 29.9 Å². The number of nitrogens with zero attached hydrogens (tertiary/aromatic N) is 1. The summed E-state index contributed by atoms with van der Waals surface area (Å²) in [5.41, 5.74) is 7.75. The zero-order valence-electron chi connectivity index (χ0n) is 21.8. The second kappa shape index (κ2) is 12.6. The van der Waals surface area contributed by atoms with Crippen molar-refractivity contribution in [1.29, 1.82) is 0 Å². The summed E-state index contributed by atoms with van der Waals surface area (Å²) in [6.07, 6.45) is 20.6. The van der Waals surface area contributed by atoms with E-state index in [4.69, 9.17) is 9.73 Å². The molecule has 186 valence electrons. The highest BCUT2D eigenvalue weighted by Crippen LogP contribution is 2.32. The number of methoxy groups -OCH3 is 1. The molecule has 0 fully saturated rings. The van der Waals surface area contributed by atoms with Gasteiger partial charge in [0.1, 0.15) is 5.75 Å². The molecule has 1 aliphatic heterocycles. The number of allylic oxidation sites excluding steroid dienone is 2. The molecule has 4 rings (SSSR count). The van der Waals surface area contributed by atoms with E-state index in [0.717, 1.165) is 41.4 Å². The SMILES string of the molecule is CCCCCCCCCCCC1=N/C(=C/c2[nH]c(-c3cc4cccc(CC)c4[nH]3)cc2OC)C=C1. The zero-order valence-corrected chi connectivity index (χ0v) is 21.8. The maximum atomic E-state index is 5.67. The minimum absolute atomic E-state index is 0.831. The second-order valence-electron chi connectivity index (χ2n) is 9.67. The number of aliphatic imine (C=N–C) groups is 1. The Bertz CT molecular complexity index is 1190. The van der Waals surface area contributed by atoms with Crippen LogP contribution in [0.3, 0.4) is 0 Å². The Morgan fingerprint density at radius 2 is 1.60 bits per heavy atom. The average molecular weight is 472 g/mol.